The predicted molar refractivity (Wildman–Crippen MR) is 55.4 cm³/mol. The van der Waals surface area contributed by atoms with E-state index in [1.807, 2.05) is 0 Å². The van der Waals surface area contributed by atoms with Crippen molar-refractivity contribution >= 4 is 5.97 Å². The topological polar surface area (TPSA) is 40.5 Å². The van der Waals surface area contributed by atoms with Gasteiger partial charge < -0.3 is 5.11 Å². The summed E-state index contributed by atoms with van der Waals surface area (Å²) < 4.78 is 24.8. The van der Waals surface area contributed by atoms with E-state index in [0.717, 1.165) is 0 Å². The summed E-state index contributed by atoms with van der Waals surface area (Å²) in [5.74, 6) is -0.937. The summed E-state index contributed by atoms with van der Waals surface area (Å²) in [6, 6.07) is 5.99. The molecule has 1 aromatic rings. The standard InChI is InChI=1S/C11H13F2NO2/c1-14(7-10(15)16)6-8-3-2-4-9(5-8)11(12)13/h2-5,11H,6-7H2,1H3,(H,15,16). The molecule has 0 unspecified atom stereocenters. The maximum atomic E-state index is 12.4. The number of alkyl halides is 2. The quantitative estimate of drug-likeness (QED) is 0.840. The van der Waals surface area contributed by atoms with Gasteiger partial charge in [0.15, 0.2) is 0 Å². The van der Waals surface area contributed by atoms with Gasteiger partial charge in [0.1, 0.15) is 0 Å². The number of likely N-dealkylation sites (N-methyl/N-ethyl adjacent to an activating group) is 1. The molecule has 88 valence electrons. The zero-order chi connectivity index (χ0) is 12.1. The molecule has 0 spiro atoms. The normalized spacial score (nSPS) is 11.1. The fourth-order valence-corrected chi connectivity index (χ4v) is 1.43. The summed E-state index contributed by atoms with van der Waals surface area (Å²) in [6.07, 6.45) is -2.50. The van der Waals surface area contributed by atoms with Crippen LogP contribution >= 0.6 is 0 Å². The number of hydrogen-bond acceptors (Lipinski definition) is 2. The van der Waals surface area contributed by atoms with Gasteiger partial charge in [0.2, 0.25) is 0 Å². The van der Waals surface area contributed by atoms with Crippen LogP contribution in [0.3, 0.4) is 0 Å². The molecule has 0 saturated heterocycles. The molecule has 0 heterocycles. The minimum absolute atomic E-state index is 0.0405. The number of carboxylic acid groups (broad SMARTS) is 1. The van der Waals surface area contributed by atoms with Crippen molar-refractivity contribution in [3.05, 3.63) is 35.4 Å². The van der Waals surface area contributed by atoms with E-state index in [2.05, 4.69) is 0 Å². The summed E-state index contributed by atoms with van der Waals surface area (Å²) in [4.78, 5) is 12.0. The van der Waals surface area contributed by atoms with E-state index in [-0.39, 0.29) is 12.1 Å². The predicted octanol–water partition coefficient (Wildman–Crippen LogP) is 2.14. The Labute approximate surface area is 92.3 Å². The molecule has 0 bridgehead atoms. The highest BCUT2D eigenvalue weighted by molar-refractivity contribution is 5.69. The van der Waals surface area contributed by atoms with Crippen LogP contribution in [-0.2, 0) is 11.3 Å². The molecule has 0 amide bonds. The van der Waals surface area contributed by atoms with E-state index in [9.17, 15) is 13.6 Å². The number of benzene rings is 1. The van der Waals surface area contributed by atoms with Gasteiger partial charge in [-0.1, -0.05) is 18.2 Å². The highest BCUT2D eigenvalue weighted by Crippen LogP contribution is 2.19. The Morgan fingerprint density at radius 2 is 2.19 bits per heavy atom. The monoisotopic (exact) mass is 229 g/mol. The van der Waals surface area contributed by atoms with E-state index in [1.54, 1.807) is 24.1 Å². The molecule has 5 heteroatoms. The molecule has 1 rings (SSSR count). The average Bonchev–Trinajstić information content (AvgIpc) is 2.16. The van der Waals surface area contributed by atoms with E-state index < -0.39 is 12.4 Å². The second-order valence-corrected chi connectivity index (χ2v) is 3.61. The first-order chi connectivity index (χ1) is 7.49. The van der Waals surface area contributed by atoms with Crippen LogP contribution in [0.15, 0.2) is 24.3 Å². The van der Waals surface area contributed by atoms with Crippen LogP contribution in [0.25, 0.3) is 0 Å². The van der Waals surface area contributed by atoms with Crippen LogP contribution in [0.5, 0.6) is 0 Å². The molecule has 3 nitrogen and oxygen atoms in total. The van der Waals surface area contributed by atoms with Gasteiger partial charge in [-0.15, -0.1) is 0 Å². The Balaban J connectivity index is 2.66. The number of carboxylic acids is 1. The minimum atomic E-state index is -2.50. The van der Waals surface area contributed by atoms with Gasteiger partial charge in [0, 0.05) is 12.1 Å². The van der Waals surface area contributed by atoms with E-state index in [0.29, 0.717) is 12.1 Å². The lowest BCUT2D eigenvalue weighted by atomic mass is 10.1. The van der Waals surface area contributed by atoms with Crippen molar-refractivity contribution < 1.29 is 18.7 Å². The van der Waals surface area contributed by atoms with E-state index in [4.69, 9.17) is 5.11 Å². The lowest BCUT2D eigenvalue weighted by Gasteiger charge is -2.14. The van der Waals surface area contributed by atoms with Gasteiger partial charge in [-0.2, -0.15) is 0 Å². The summed E-state index contributed by atoms with van der Waals surface area (Å²) in [7, 11) is 1.63. The van der Waals surface area contributed by atoms with Crippen LogP contribution in [0.1, 0.15) is 17.6 Å². The molecule has 0 radical (unpaired) electrons. The van der Waals surface area contributed by atoms with Crippen molar-refractivity contribution in [3.63, 3.8) is 0 Å². The number of nitrogens with zero attached hydrogens (tertiary/aromatic N) is 1. The van der Waals surface area contributed by atoms with Crippen molar-refractivity contribution in [3.8, 4) is 0 Å². The molecule has 0 aliphatic carbocycles. The van der Waals surface area contributed by atoms with Crippen molar-refractivity contribution in [1.82, 2.24) is 4.90 Å². The zero-order valence-corrected chi connectivity index (χ0v) is 8.86. The number of aliphatic carboxylic acids is 1. The third kappa shape index (κ3) is 3.94. The molecule has 0 aliphatic heterocycles. The van der Waals surface area contributed by atoms with Crippen molar-refractivity contribution in [2.45, 2.75) is 13.0 Å². The van der Waals surface area contributed by atoms with Crippen LogP contribution in [0.4, 0.5) is 8.78 Å². The number of halogens is 2. The van der Waals surface area contributed by atoms with Crippen LogP contribution < -0.4 is 0 Å². The Kier molecular flexibility index (Phi) is 4.37. The third-order valence-electron chi connectivity index (χ3n) is 2.06. The maximum Gasteiger partial charge on any atom is 0.317 e. The summed E-state index contributed by atoms with van der Waals surface area (Å²) in [5, 5.41) is 8.54. The molecule has 0 atom stereocenters. The molecule has 0 saturated carbocycles. The number of carbonyl (C=O) groups is 1. The fourth-order valence-electron chi connectivity index (χ4n) is 1.43. The second kappa shape index (κ2) is 5.55. The van der Waals surface area contributed by atoms with Gasteiger partial charge >= 0.3 is 5.97 Å². The van der Waals surface area contributed by atoms with Crippen molar-refractivity contribution in [2.24, 2.45) is 0 Å². The SMILES string of the molecule is CN(CC(=O)O)Cc1cccc(C(F)F)c1. The van der Waals surface area contributed by atoms with Crippen LogP contribution in [0, 0.1) is 0 Å². The first-order valence-corrected chi connectivity index (χ1v) is 4.76. The molecular formula is C11H13F2NO2. The smallest absolute Gasteiger partial charge is 0.317 e. The lowest BCUT2D eigenvalue weighted by Crippen LogP contribution is -2.25. The Morgan fingerprint density at radius 3 is 2.75 bits per heavy atom. The first-order valence-electron chi connectivity index (χ1n) is 4.76. The highest BCUT2D eigenvalue weighted by atomic mass is 19.3. The number of rotatable bonds is 5. The Hall–Kier alpha value is -1.49. The highest BCUT2D eigenvalue weighted by Gasteiger charge is 2.09. The van der Waals surface area contributed by atoms with Gasteiger partial charge in [-0.05, 0) is 18.7 Å². The molecule has 1 aromatic carbocycles. The Morgan fingerprint density at radius 1 is 1.50 bits per heavy atom. The second-order valence-electron chi connectivity index (χ2n) is 3.61. The average molecular weight is 229 g/mol. The first kappa shape index (κ1) is 12.6. The molecule has 0 fully saturated rings. The lowest BCUT2D eigenvalue weighted by molar-refractivity contribution is -0.138. The minimum Gasteiger partial charge on any atom is -0.480 e. The zero-order valence-electron chi connectivity index (χ0n) is 8.86. The molecule has 0 aromatic heterocycles. The van der Waals surface area contributed by atoms with Crippen molar-refractivity contribution in [2.75, 3.05) is 13.6 Å². The van der Waals surface area contributed by atoms with Gasteiger partial charge in [-0.3, -0.25) is 9.69 Å². The summed E-state index contributed by atoms with van der Waals surface area (Å²) in [5.41, 5.74) is 0.641. The van der Waals surface area contributed by atoms with Crippen LogP contribution in [0.2, 0.25) is 0 Å². The Bertz CT molecular complexity index is 369. The molecule has 1 N–H and O–H groups in total. The van der Waals surface area contributed by atoms with Gasteiger partial charge in [0.25, 0.3) is 6.43 Å². The largest absolute Gasteiger partial charge is 0.480 e. The summed E-state index contributed by atoms with van der Waals surface area (Å²) in [6.45, 7) is 0.228. The van der Waals surface area contributed by atoms with Gasteiger partial charge in [0.05, 0.1) is 6.54 Å². The molecule has 0 aliphatic rings. The van der Waals surface area contributed by atoms with Gasteiger partial charge in [-0.25, -0.2) is 8.78 Å². The van der Waals surface area contributed by atoms with Crippen molar-refractivity contribution in [1.29, 1.82) is 0 Å². The molecular weight excluding hydrogens is 216 g/mol. The van der Waals surface area contributed by atoms with E-state index >= 15 is 0 Å². The van der Waals surface area contributed by atoms with Crippen LogP contribution in [-0.4, -0.2) is 29.6 Å². The summed E-state index contributed by atoms with van der Waals surface area (Å²) >= 11 is 0. The molecule has 16 heavy (non-hydrogen) atoms. The fraction of sp³-hybridized carbons (Fsp3) is 0.364. The maximum absolute atomic E-state index is 12.4. The third-order valence-corrected chi connectivity index (χ3v) is 2.06. The number of hydrogen-bond donors (Lipinski definition) is 1. The van der Waals surface area contributed by atoms with E-state index in [1.165, 1.54) is 12.1 Å².